The van der Waals surface area contributed by atoms with Gasteiger partial charge in [0.15, 0.2) is 5.78 Å². The van der Waals surface area contributed by atoms with E-state index in [-0.39, 0.29) is 20.3 Å². The Kier molecular flexibility index (Phi) is 2.70. The van der Waals surface area contributed by atoms with Crippen molar-refractivity contribution in [2.45, 2.75) is 52.9 Å². The predicted molar refractivity (Wildman–Crippen MR) is 108 cm³/mol. The van der Waals surface area contributed by atoms with E-state index in [2.05, 4.69) is 69.3 Å². The molecule has 1 nitrogen and oxygen atoms in total. The normalized spacial score (nSPS) is 37.0. The van der Waals surface area contributed by atoms with E-state index in [1.54, 1.807) is 0 Å². The predicted octanol–water partition coefficient (Wildman–Crippen LogP) is 5.91. The molecule has 26 heavy (non-hydrogen) atoms. The van der Waals surface area contributed by atoms with Crippen LogP contribution in [0.4, 0.5) is 0 Å². The lowest BCUT2D eigenvalue weighted by atomic mass is 9.70. The van der Waals surface area contributed by atoms with E-state index in [0.717, 1.165) is 6.42 Å². The second-order valence-corrected chi connectivity index (χ2v) is 11.6. The third-order valence-corrected chi connectivity index (χ3v) is 11.2. The van der Waals surface area contributed by atoms with Crippen molar-refractivity contribution in [2.24, 2.45) is 16.7 Å². The molecule has 2 saturated carbocycles. The van der Waals surface area contributed by atoms with Gasteiger partial charge in [-0.1, -0.05) is 68.9 Å². The third-order valence-electron chi connectivity index (χ3n) is 8.10. The first-order valence-electron chi connectivity index (χ1n) is 9.51. The zero-order chi connectivity index (χ0) is 17.9. The molecule has 2 aromatic carbocycles. The van der Waals surface area contributed by atoms with Crippen molar-refractivity contribution >= 4 is 29.3 Å². The number of hydrogen-bond acceptors (Lipinski definition) is 3. The third kappa shape index (κ3) is 1.38. The van der Waals surface area contributed by atoms with Crippen molar-refractivity contribution in [3.05, 3.63) is 59.7 Å². The second kappa shape index (κ2) is 4.44. The van der Waals surface area contributed by atoms with Crippen LogP contribution in [0, 0.1) is 16.7 Å². The Morgan fingerprint density at radius 2 is 1.50 bits per heavy atom. The molecule has 2 aliphatic carbocycles. The number of ketones is 1. The lowest BCUT2D eigenvalue weighted by Crippen LogP contribution is -2.42. The number of hydrogen-bond donors (Lipinski definition) is 0. The lowest BCUT2D eigenvalue weighted by molar-refractivity contribution is -0.129. The molecule has 0 amide bonds. The second-order valence-electron chi connectivity index (χ2n) is 9.09. The number of carbonyl (C=O) groups excluding carboxylic acids is 1. The summed E-state index contributed by atoms with van der Waals surface area (Å²) >= 11 is 3.83. The summed E-state index contributed by atoms with van der Waals surface area (Å²) in [5.74, 6) is 0.981. The van der Waals surface area contributed by atoms with Gasteiger partial charge in [-0.2, -0.15) is 0 Å². The molecule has 132 valence electrons. The van der Waals surface area contributed by atoms with E-state index in [9.17, 15) is 4.79 Å². The van der Waals surface area contributed by atoms with Gasteiger partial charge in [0, 0.05) is 15.2 Å². The highest BCUT2D eigenvalue weighted by Crippen LogP contribution is 2.88. The van der Waals surface area contributed by atoms with Crippen LogP contribution < -0.4 is 0 Å². The van der Waals surface area contributed by atoms with Gasteiger partial charge in [-0.3, -0.25) is 4.79 Å². The van der Waals surface area contributed by atoms with Gasteiger partial charge in [-0.15, -0.1) is 11.8 Å². The van der Waals surface area contributed by atoms with Crippen LogP contribution in [0.5, 0.6) is 0 Å². The summed E-state index contributed by atoms with van der Waals surface area (Å²) in [5.41, 5.74) is 2.64. The monoisotopic (exact) mass is 378 g/mol. The van der Waals surface area contributed by atoms with Crippen LogP contribution in [0.25, 0.3) is 0 Å². The first kappa shape index (κ1) is 15.8. The topological polar surface area (TPSA) is 17.1 Å². The maximum Gasteiger partial charge on any atom is 0.157 e. The van der Waals surface area contributed by atoms with Crippen molar-refractivity contribution in [3.8, 4) is 0 Å². The molecule has 2 heterocycles. The number of thioether (sulfide) groups is 1. The zero-order valence-corrected chi connectivity index (χ0v) is 17.0. The Morgan fingerprint density at radius 3 is 2.04 bits per heavy atom. The van der Waals surface area contributed by atoms with E-state index in [4.69, 9.17) is 0 Å². The molecular formula is C23H22OS2. The van der Waals surface area contributed by atoms with E-state index in [1.165, 1.54) is 27.3 Å². The highest BCUT2D eigenvalue weighted by molar-refractivity contribution is 8.10. The van der Waals surface area contributed by atoms with Gasteiger partial charge in [0.25, 0.3) is 0 Å². The van der Waals surface area contributed by atoms with Crippen LogP contribution in [0.15, 0.2) is 58.3 Å². The molecule has 0 N–H and O–H groups in total. The molecule has 2 aromatic rings. The Bertz CT molecular complexity index is 948. The first-order valence-corrected chi connectivity index (χ1v) is 11.1. The summed E-state index contributed by atoms with van der Waals surface area (Å²) in [7, 11) is 0. The number of carbonyl (C=O) groups is 1. The fourth-order valence-corrected chi connectivity index (χ4v) is 10.0. The van der Waals surface area contributed by atoms with Crippen molar-refractivity contribution in [1.82, 2.24) is 0 Å². The fraction of sp³-hybridized carbons (Fsp3) is 0.435. The first-order chi connectivity index (χ1) is 12.4. The van der Waals surface area contributed by atoms with Crippen LogP contribution >= 0.6 is 23.5 Å². The maximum atomic E-state index is 14.0. The smallest absolute Gasteiger partial charge is 0.157 e. The molecule has 0 aromatic heterocycles. The fourth-order valence-electron chi connectivity index (χ4n) is 6.39. The molecule has 6 rings (SSSR count). The van der Waals surface area contributed by atoms with Gasteiger partial charge in [0.05, 0.1) is 4.75 Å². The average molecular weight is 379 g/mol. The summed E-state index contributed by atoms with van der Waals surface area (Å²) in [6, 6.07) is 17.5. The molecule has 3 unspecified atom stereocenters. The number of rotatable bonds is 0. The zero-order valence-electron chi connectivity index (χ0n) is 15.3. The Morgan fingerprint density at radius 1 is 0.923 bits per heavy atom. The highest BCUT2D eigenvalue weighted by Gasteiger charge is 2.88. The average Bonchev–Trinajstić information content (AvgIpc) is 3.20. The molecule has 3 fully saturated rings. The summed E-state index contributed by atoms with van der Waals surface area (Å²) in [6.45, 7) is 6.94. The minimum Gasteiger partial charge on any atom is -0.297 e. The molecule has 0 radical (unpaired) electrons. The van der Waals surface area contributed by atoms with E-state index < -0.39 is 0 Å². The van der Waals surface area contributed by atoms with E-state index in [1.807, 2.05) is 23.5 Å². The Hall–Kier alpha value is -1.19. The summed E-state index contributed by atoms with van der Waals surface area (Å²) in [4.78, 5) is 16.6. The lowest BCUT2D eigenvalue weighted by Gasteiger charge is -2.33. The molecule has 4 aliphatic rings. The van der Waals surface area contributed by atoms with Crippen LogP contribution in [0.2, 0.25) is 0 Å². The molecule has 1 saturated heterocycles. The molecule has 2 aliphatic heterocycles. The van der Waals surface area contributed by atoms with Gasteiger partial charge in [0.1, 0.15) is 4.75 Å². The summed E-state index contributed by atoms with van der Waals surface area (Å²) < 4.78 is -0.445. The quantitative estimate of drug-likeness (QED) is 0.531. The molecule has 3 heteroatoms. The Labute approximate surface area is 163 Å². The standard InChI is InChI=1S/C23H22OS2/c1-20(2)18-12-13-21(20,3)19(24)23(18)22(26-23)14-8-4-6-10-16(14)25-17-11-7-5-9-15(17)22/h4-11,18H,12-13H2,1-3H3. The number of benzene rings is 2. The van der Waals surface area contributed by atoms with Gasteiger partial charge in [0.2, 0.25) is 0 Å². The number of fused-ring (bicyclic) bond motifs is 8. The molecular weight excluding hydrogens is 356 g/mol. The number of Topliss-reactive ketones (excluding diaryl/α,β-unsaturated/α-hetero) is 1. The Balaban J connectivity index is 1.66. The van der Waals surface area contributed by atoms with Gasteiger partial charge >= 0.3 is 0 Å². The molecule has 3 atom stereocenters. The molecule has 2 bridgehead atoms. The minimum absolute atomic E-state index is 0.0784. The van der Waals surface area contributed by atoms with Crippen LogP contribution in [-0.2, 0) is 9.54 Å². The van der Waals surface area contributed by atoms with Crippen LogP contribution in [0.1, 0.15) is 44.7 Å². The van der Waals surface area contributed by atoms with Gasteiger partial charge in [-0.05, 0) is 47.4 Å². The highest BCUT2D eigenvalue weighted by atomic mass is 32.2. The van der Waals surface area contributed by atoms with Crippen molar-refractivity contribution < 1.29 is 4.79 Å². The summed E-state index contributed by atoms with van der Waals surface area (Å²) in [6.07, 6.45) is 2.24. The van der Waals surface area contributed by atoms with Crippen LogP contribution in [0.3, 0.4) is 0 Å². The van der Waals surface area contributed by atoms with Gasteiger partial charge in [-0.25, -0.2) is 0 Å². The minimum atomic E-state index is -0.267. The van der Waals surface area contributed by atoms with Crippen LogP contribution in [-0.4, -0.2) is 10.5 Å². The van der Waals surface area contributed by atoms with Crippen molar-refractivity contribution in [3.63, 3.8) is 0 Å². The van der Waals surface area contributed by atoms with Crippen molar-refractivity contribution in [1.29, 1.82) is 0 Å². The molecule has 2 spiro atoms. The van der Waals surface area contributed by atoms with Crippen molar-refractivity contribution in [2.75, 3.05) is 0 Å². The maximum absolute atomic E-state index is 14.0. The van der Waals surface area contributed by atoms with Gasteiger partial charge < -0.3 is 0 Å². The largest absolute Gasteiger partial charge is 0.297 e. The van der Waals surface area contributed by atoms with E-state index in [0.29, 0.717) is 11.7 Å². The van der Waals surface area contributed by atoms with E-state index >= 15 is 0 Å². The summed E-state index contributed by atoms with van der Waals surface area (Å²) in [5, 5.41) is 0. The SMILES string of the molecule is CC12CCC(C1(C)C)C1(SC13c1ccccc1Sc1ccccc13)C2=O.